The normalized spacial score (nSPS) is 10.3. The molecular weight excluding hydrogens is 365 g/mol. The van der Waals surface area contributed by atoms with E-state index in [4.69, 9.17) is 34.3 Å². The van der Waals surface area contributed by atoms with Gasteiger partial charge in [-0.2, -0.15) is 0 Å². The summed E-state index contributed by atoms with van der Waals surface area (Å²) in [6.07, 6.45) is 0. The van der Waals surface area contributed by atoms with E-state index in [1.807, 2.05) is 0 Å². The number of rotatable bonds is 4. The summed E-state index contributed by atoms with van der Waals surface area (Å²) >= 11 is 14.1. The van der Waals surface area contributed by atoms with E-state index in [2.05, 4.69) is 15.9 Å². The van der Waals surface area contributed by atoms with Gasteiger partial charge in [0.25, 0.3) is 0 Å². The molecule has 6 heteroatoms. The van der Waals surface area contributed by atoms with Crippen molar-refractivity contribution in [3.05, 3.63) is 62.8 Å². The molecule has 0 aliphatic rings. The Kier molecular flexibility index (Phi) is 4.96. The molecule has 0 atom stereocenters. The molecule has 0 saturated carbocycles. The zero-order valence-corrected chi connectivity index (χ0v) is 13.4. The first kappa shape index (κ1) is 15.2. The van der Waals surface area contributed by atoms with Gasteiger partial charge in [-0.05, 0) is 36.4 Å². The molecule has 2 nitrogen and oxygen atoms in total. The molecule has 20 heavy (non-hydrogen) atoms. The SMILES string of the molecule is NC(=S)c1cc(Br)ccc1OCc1cc(Cl)ccc1F. The lowest BCUT2D eigenvalue weighted by atomic mass is 10.2. The summed E-state index contributed by atoms with van der Waals surface area (Å²) in [4.78, 5) is 0.216. The third kappa shape index (κ3) is 3.69. The number of hydrogen-bond donors (Lipinski definition) is 1. The summed E-state index contributed by atoms with van der Waals surface area (Å²) in [7, 11) is 0. The molecule has 2 aromatic carbocycles. The molecule has 0 aliphatic heterocycles. The molecule has 2 N–H and O–H groups in total. The molecule has 0 unspecified atom stereocenters. The second-order valence-corrected chi connectivity index (χ2v) is 5.82. The van der Waals surface area contributed by atoms with Gasteiger partial charge in [0.05, 0.1) is 5.56 Å². The van der Waals surface area contributed by atoms with Gasteiger partial charge < -0.3 is 10.5 Å². The summed E-state index contributed by atoms with van der Waals surface area (Å²) in [6, 6.07) is 9.59. The fraction of sp³-hybridized carbons (Fsp3) is 0.0714. The van der Waals surface area contributed by atoms with Crippen LogP contribution in [-0.4, -0.2) is 4.99 Å². The van der Waals surface area contributed by atoms with Gasteiger partial charge in [0, 0.05) is 15.1 Å². The van der Waals surface area contributed by atoms with Crippen molar-refractivity contribution in [3.63, 3.8) is 0 Å². The first-order valence-electron chi connectivity index (χ1n) is 5.63. The van der Waals surface area contributed by atoms with Crippen molar-refractivity contribution in [1.82, 2.24) is 0 Å². The zero-order valence-electron chi connectivity index (χ0n) is 10.2. The number of nitrogens with two attached hydrogens (primary N) is 1. The van der Waals surface area contributed by atoms with Crippen LogP contribution >= 0.6 is 39.7 Å². The predicted molar refractivity (Wildman–Crippen MR) is 85.8 cm³/mol. The lowest BCUT2D eigenvalue weighted by Crippen LogP contribution is -2.12. The van der Waals surface area contributed by atoms with Crippen molar-refractivity contribution < 1.29 is 9.13 Å². The maximum absolute atomic E-state index is 13.6. The Balaban J connectivity index is 2.23. The highest BCUT2D eigenvalue weighted by molar-refractivity contribution is 9.10. The number of benzene rings is 2. The number of halogens is 3. The standard InChI is InChI=1S/C14H10BrClFNOS/c15-9-1-4-13(11(6-9)14(18)20)19-7-8-5-10(16)2-3-12(8)17/h1-6H,7H2,(H2,18,20). The van der Waals surface area contributed by atoms with Crippen LogP contribution in [0.2, 0.25) is 5.02 Å². The lowest BCUT2D eigenvalue weighted by molar-refractivity contribution is 0.299. The van der Waals surface area contributed by atoms with Crippen LogP contribution in [0.5, 0.6) is 5.75 Å². The minimum Gasteiger partial charge on any atom is -0.488 e. The first-order valence-corrected chi connectivity index (χ1v) is 7.21. The van der Waals surface area contributed by atoms with Crippen molar-refractivity contribution >= 4 is 44.7 Å². The monoisotopic (exact) mass is 373 g/mol. The fourth-order valence-corrected chi connectivity index (χ4v) is 2.35. The van der Waals surface area contributed by atoms with Crippen LogP contribution in [0.1, 0.15) is 11.1 Å². The Labute approximate surface area is 134 Å². The van der Waals surface area contributed by atoms with Gasteiger partial charge in [0.15, 0.2) is 0 Å². The van der Waals surface area contributed by atoms with Gasteiger partial charge in [0.2, 0.25) is 0 Å². The minimum absolute atomic E-state index is 0.0453. The van der Waals surface area contributed by atoms with E-state index >= 15 is 0 Å². The predicted octanol–water partition coefficient (Wildman–Crippen LogP) is 4.45. The molecule has 0 fully saturated rings. The highest BCUT2D eigenvalue weighted by Crippen LogP contribution is 2.25. The number of ether oxygens (including phenoxy) is 1. The maximum atomic E-state index is 13.6. The summed E-state index contributed by atoms with van der Waals surface area (Å²) in [5.74, 6) is 0.128. The minimum atomic E-state index is -0.372. The van der Waals surface area contributed by atoms with E-state index in [1.165, 1.54) is 18.2 Å². The maximum Gasteiger partial charge on any atom is 0.130 e. The highest BCUT2D eigenvalue weighted by Gasteiger charge is 2.09. The molecule has 0 spiro atoms. The second-order valence-electron chi connectivity index (χ2n) is 4.03. The van der Waals surface area contributed by atoms with Crippen molar-refractivity contribution in [2.45, 2.75) is 6.61 Å². The molecular formula is C14H10BrClFNOS. The van der Waals surface area contributed by atoms with Crippen LogP contribution in [0.15, 0.2) is 40.9 Å². The number of thiocarbonyl (C=S) groups is 1. The van der Waals surface area contributed by atoms with Crippen LogP contribution < -0.4 is 10.5 Å². The largest absolute Gasteiger partial charge is 0.488 e. The molecule has 2 rings (SSSR count). The molecule has 104 valence electrons. The highest BCUT2D eigenvalue weighted by atomic mass is 79.9. The number of hydrogen-bond acceptors (Lipinski definition) is 2. The fourth-order valence-electron chi connectivity index (χ4n) is 1.63. The van der Waals surface area contributed by atoms with Gasteiger partial charge >= 0.3 is 0 Å². The average molecular weight is 375 g/mol. The molecule has 0 aliphatic carbocycles. The van der Waals surface area contributed by atoms with Crippen molar-refractivity contribution in [2.75, 3.05) is 0 Å². The van der Waals surface area contributed by atoms with E-state index < -0.39 is 0 Å². The van der Waals surface area contributed by atoms with E-state index in [0.717, 1.165) is 4.47 Å². The average Bonchev–Trinajstić information content (AvgIpc) is 2.40. The Hall–Kier alpha value is -1.17. The Morgan fingerprint density at radius 1 is 1.30 bits per heavy atom. The molecule has 0 aromatic heterocycles. The topological polar surface area (TPSA) is 35.2 Å². The summed E-state index contributed by atoms with van der Waals surface area (Å²) < 4.78 is 20.0. The van der Waals surface area contributed by atoms with E-state index in [9.17, 15) is 4.39 Å². The smallest absolute Gasteiger partial charge is 0.130 e. The van der Waals surface area contributed by atoms with E-state index in [1.54, 1.807) is 18.2 Å². The lowest BCUT2D eigenvalue weighted by Gasteiger charge is -2.12. The van der Waals surface area contributed by atoms with Gasteiger partial charge in [-0.15, -0.1) is 0 Å². The van der Waals surface area contributed by atoms with Gasteiger partial charge in [-0.1, -0.05) is 39.7 Å². The molecule has 2 aromatic rings. The van der Waals surface area contributed by atoms with Crippen LogP contribution in [0.4, 0.5) is 4.39 Å². The third-order valence-corrected chi connectivity index (χ3v) is 3.55. The van der Waals surface area contributed by atoms with Gasteiger partial charge in [-0.3, -0.25) is 0 Å². The first-order chi connectivity index (χ1) is 9.47. The Morgan fingerprint density at radius 2 is 2.05 bits per heavy atom. The van der Waals surface area contributed by atoms with Crippen molar-refractivity contribution in [1.29, 1.82) is 0 Å². The summed E-state index contributed by atoms with van der Waals surface area (Å²) in [6.45, 7) is 0.0453. The van der Waals surface area contributed by atoms with Crippen LogP contribution in [0, 0.1) is 5.82 Å². The summed E-state index contributed by atoms with van der Waals surface area (Å²) in [5.41, 5.74) is 6.61. The molecule has 0 saturated heterocycles. The zero-order chi connectivity index (χ0) is 14.7. The van der Waals surface area contributed by atoms with E-state index in [0.29, 0.717) is 21.9 Å². The van der Waals surface area contributed by atoms with Gasteiger partial charge in [0.1, 0.15) is 23.2 Å². The molecule has 0 amide bonds. The van der Waals surface area contributed by atoms with Crippen LogP contribution in [-0.2, 0) is 6.61 Å². The third-order valence-electron chi connectivity index (χ3n) is 2.60. The quantitative estimate of drug-likeness (QED) is 0.803. The summed E-state index contributed by atoms with van der Waals surface area (Å²) in [5, 5.41) is 0.454. The second kappa shape index (κ2) is 6.52. The van der Waals surface area contributed by atoms with Crippen molar-refractivity contribution in [3.8, 4) is 5.75 Å². The Bertz CT molecular complexity index is 666. The molecule has 0 bridgehead atoms. The van der Waals surface area contributed by atoms with Crippen molar-refractivity contribution in [2.24, 2.45) is 5.73 Å². The molecule has 0 radical (unpaired) electrons. The molecule has 0 heterocycles. The van der Waals surface area contributed by atoms with Crippen LogP contribution in [0.3, 0.4) is 0 Å². The van der Waals surface area contributed by atoms with Crippen LogP contribution in [0.25, 0.3) is 0 Å². The Morgan fingerprint density at radius 3 is 2.75 bits per heavy atom. The van der Waals surface area contributed by atoms with E-state index in [-0.39, 0.29) is 17.4 Å². The van der Waals surface area contributed by atoms with Gasteiger partial charge in [-0.25, -0.2) is 4.39 Å².